The number of carbonyl (C=O) groups is 1. The van der Waals surface area contributed by atoms with Gasteiger partial charge in [0.25, 0.3) is 0 Å². The molecule has 10 heteroatoms. The Labute approximate surface area is 162 Å². The summed E-state index contributed by atoms with van der Waals surface area (Å²) < 4.78 is 28.1. The van der Waals surface area contributed by atoms with Gasteiger partial charge in [0.2, 0.25) is 17.6 Å². The Hall–Kier alpha value is -1.97. The fraction of sp³-hybridized carbons (Fsp3) is 0.471. The van der Waals surface area contributed by atoms with E-state index in [4.69, 9.17) is 16.1 Å². The number of hydrogen-bond acceptors (Lipinski definition) is 7. The lowest BCUT2D eigenvalue weighted by molar-refractivity contribution is -0.122. The van der Waals surface area contributed by atoms with E-state index in [1.54, 1.807) is 19.2 Å². The number of sulfone groups is 1. The van der Waals surface area contributed by atoms with Gasteiger partial charge in [-0.2, -0.15) is 4.98 Å². The van der Waals surface area contributed by atoms with Crippen molar-refractivity contribution in [3.05, 3.63) is 35.2 Å². The Morgan fingerprint density at radius 1 is 1.44 bits per heavy atom. The van der Waals surface area contributed by atoms with E-state index >= 15 is 0 Å². The first-order chi connectivity index (χ1) is 12.8. The van der Waals surface area contributed by atoms with E-state index in [0.717, 1.165) is 5.56 Å². The normalized spacial score (nSPS) is 18.7. The van der Waals surface area contributed by atoms with Crippen molar-refractivity contribution >= 4 is 27.3 Å². The molecule has 0 radical (unpaired) electrons. The maximum atomic E-state index is 12.0. The largest absolute Gasteiger partial charge is 0.351 e. The van der Waals surface area contributed by atoms with Gasteiger partial charge in [0.1, 0.15) is 0 Å². The average molecular weight is 413 g/mol. The van der Waals surface area contributed by atoms with E-state index in [2.05, 4.69) is 15.5 Å². The zero-order valence-corrected chi connectivity index (χ0v) is 16.5. The molecule has 2 heterocycles. The van der Waals surface area contributed by atoms with Crippen molar-refractivity contribution in [3.63, 3.8) is 0 Å². The van der Waals surface area contributed by atoms with Gasteiger partial charge in [0, 0.05) is 29.6 Å². The van der Waals surface area contributed by atoms with Crippen LogP contribution in [-0.2, 0) is 21.1 Å². The highest BCUT2D eigenvalue weighted by Crippen LogP contribution is 2.20. The molecule has 0 aliphatic carbocycles. The van der Waals surface area contributed by atoms with Crippen LogP contribution in [0, 0.1) is 0 Å². The van der Waals surface area contributed by atoms with Gasteiger partial charge < -0.3 is 9.84 Å². The number of nitrogens with one attached hydrogen (secondary N) is 1. The Morgan fingerprint density at radius 2 is 2.26 bits per heavy atom. The first-order valence-electron chi connectivity index (χ1n) is 8.57. The third-order valence-electron chi connectivity index (χ3n) is 4.27. The molecule has 1 aromatic heterocycles. The third kappa shape index (κ3) is 5.75. The lowest BCUT2D eigenvalue weighted by Crippen LogP contribution is -2.42. The summed E-state index contributed by atoms with van der Waals surface area (Å²) in [5.74, 6) is 0.913. The molecule has 1 aliphatic rings. The van der Waals surface area contributed by atoms with Gasteiger partial charge in [-0.1, -0.05) is 28.9 Å². The molecule has 27 heavy (non-hydrogen) atoms. The van der Waals surface area contributed by atoms with Gasteiger partial charge in [0.15, 0.2) is 9.84 Å². The van der Waals surface area contributed by atoms with E-state index in [1.165, 1.54) is 0 Å². The molecule has 1 aliphatic heterocycles. The molecular formula is C17H21ClN4O4S. The molecule has 146 valence electrons. The monoisotopic (exact) mass is 412 g/mol. The van der Waals surface area contributed by atoms with Crippen LogP contribution in [0.1, 0.15) is 12.3 Å². The molecular weight excluding hydrogens is 392 g/mol. The maximum Gasteiger partial charge on any atom is 0.234 e. The van der Waals surface area contributed by atoms with Crippen molar-refractivity contribution in [2.45, 2.75) is 18.9 Å². The van der Waals surface area contributed by atoms with Crippen LogP contribution in [0.4, 0.5) is 0 Å². The zero-order valence-electron chi connectivity index (χ0n) is 14.9. The summed E-state index contributed by atoms with van der Waals surface area (Å²) in [7, 11) is -1.20. The molecule has 1 amide bonds. The summed E-state index contributed by atoms with van der Waals surface area (Å²) in [6.45, 7) is 0.722. The van der Waals surface area contributed by atoms with E-state index in [9.17, 15) is 13.2 Å². The lowest BCUT2D eigenvalue weighted by Gasteiger charge is -2.17. The molecule has 1 fully saturated rings. The number of halogens is 1. The number of rotatable bonds is 7. The van der Waals surface area contributed by atoms with Crippen LogP contribution in [0.25, 0.3) is 11.4 Å². The maximum absolute atomic E-state index is 12.0. The number of hydrogen-bond donors (Lipinski definition) is 1. The summed E-state index contributed by atoms with van der Waals surface area (Å²) in [6, 6.07) is 6.91. The van der Waals surface area contributed by atoms with Crippen LogP contribution in [0.3, 0.4) is 0 Å². The van der Waals surface area contributed by atoms with Gasteiger partial charge >= 0.3 is 0 Å². The van der Waals surface area contributed by atoms with E-state index < -0.39 is 9.84 Å². The Bertz CT molecular complexity index is 915. The molecule has 1 saturated heterocycles. The fourth-order valence-electron chi connectivity index (χ4n) is 2.89. The summed E-state index contributed by atoms with van der Waals surface area (Å²) in [6.07, 6.45) is 0.973. The van der Waals surface area contributed by atoms with Crippen molar-refractivity contribution in [2.24, 2.45) is 0 Å². The molecule has 1 atom stereocenters. The minimum atomic E-state index is -3.00. The lowest BCUT2D eigenvalue weighted by atomic mass is 10.2. The number of amides is 1. The number of aromatic nitrogens is 2. The van der Waals surface area contributed by atoms with Crippen LogP contribution in [-0.4, -0.2) is 67.1 Å². The van der Waals surface area contributed by atoms with Crippen molar-refractivity contribution < 1.29 is 17.7 Å². The summed E-state index contributed by atoms with van der Waals surface area (Å²) in [5, 5.41) is 7.32. The first-order valence-corrected chi connectivity index (χ1v) is 10.8. The smallest absolute Gasteiger partial charge is 0.234 e. The first kappa shape index (κ1) is 19.8. The summed E-state index contributed by atoms with van der Waals surface area (Å²) in [5.41, 5.74) is 0.775. The van der Waals surface area contributed by atoms with E-state index in [0.29, 0.717) is 36.1 Å². The number of benzene rings is 1. The molecule has 3 rings (SSSR count). The Kier molecular flexibility index (Phi) is 6.13. The molecule has 8 nitrogen and oxygen atoms in total. The highest BCUT2D eigenvalue weighted by atomic mass is 35.5. The minimum Gasteiger partial charge on any atom is -0.351 e. The molecule has 0 spiro atoms. The number of carbonyl (C=O) groups excluding carboxylic acids is 1. The van der Waals surface area contributed by atoms with Gasteiger partial charge in [-0.3, -0.25) is 9.69 Å². The van der Waals surface area contributed by atoms with Crippen molar-refractivity contribution in [1.29, 1.82) is 0 Å². The van der Waals surface area contributed by atoms with Gasteiger partial charge in [0.05, 0.1) is 18.1 Å². The van der Waals surface area contributed by atoms with Crippen molar-refractivity contribution in [3.8, 4) is 11.4 Å². The Balaban J connectivity index is 1.45. The molecule has 0 bridgehead atoms. The average Bonchev–Trinajstić information content (AvgIpc) is 3.19. The van der Waals surface area contributed by atoms with E-state index in [-0.39, 0.29) is 30.0 Å². The Morgan fingerprint density at radius 3 is 2.96 bits per heavy atom. The minimum absolute atomic E-state index is 0.0245. The second-order valence-electron chi connectivity index (χ2n) is 6.68. The van der Waals surface area contributed by atoms with Crippen LogP contribution in [0.15, 0.2) is 28.8 Å². The SMILES string of the molecule is CN(CCc1nc(-c2cccc(Cl)c2)no1)CC(=O)NC1CCS(=O)(=O)C1. The molecule has 1 unspecified atom stereocenters. The zero-order chi connectivity index (χ0) is 19.4. The molecule has 1 aromatic carbocycles. The third-order valence-corrected chi connectivity index (χ3v) is 6.27. The standard InChI is InChI=1S/C17H21ClN4O4S/c1-22(10-15(23)19-14-6-8-27(24,25)11-14)7-5-16-20-17(21-26-16)12-3-2-4-13(18)9-12/h2-4,9,14H,5-8,10-11H2,1H3,(H,19,23). The van der Waals surface area contributed by atoms with Gasteiger partial charge in [-0.25, -0.2) is 8.42 Å². The van der Waals surface area contributed by atoms with Crippen molar-refractivity contribution in [1.82, 2.24) is 20.4 Å². The van der Waals surface area contributed by atoms with Gasteiger partial charge in [-0.15, -0.1) is 0 Å². The summed E-state index contributed by atoms with van der Waals surface area (Å²) in [4.78, 5) is 18.2. The van der Waals surface area contributed by atoms with Gasteiger partial charge in [-0.05, 0) is 25.6 Å². The second-order valence-corrected chi connectivity index (χ2v) is 9.34. The van der Waals surface area contributed by atoms with Crippen LogP contribution in [0.2, 0.25) is 5.02 Å². The summed E-state index contributed by atoms with van der Waals surface area (Å²) >= 11 is 5.97. The highest BCUT2D eigenvalue weighted by Gasteiger charge is 2.28. The topological polar surface area (TPSA) is 105 Å². The predicted molar refractivity (Wildman–Crippen MR) is 101 cm³/mol. The fourth-order valence-corrected chi connectivity index (χ4v) is 4.76. The van der Waals surface area contributed by atoms with Crippen molar-refractivity contribution in [2.75, 3.05) is 31.6 Å². The van der Waals surface area contributed by atoms with Crippen LogP contribution in [0.5, 0.6) is 0 Å². The molecule has 1 N–H and O–H groups in total. The number of likely N-dealkylation sites (N-methyl/N-ethyl adjacent to an activating group) is 1. The molecule has 2 aromatic rings. The highest BCUT2D eigenvalue weighted by molar-refractivity contribution is 7.91. The number of nitrogens with zero attached hydrogens (tertiary/aromatic N) is 3. The van der Waals surface area contributed by atoms with Crippen LogP contribution < -0.4 is 5.32 Å². The van der Waals surface area contributed by atoms with E-state index in [1.807, 2.05) is 17.0 Å². The second kappa shape index (κ2) is 8.37. The predicted octanol–water partition coefficient (Wildman–Crippen LogP) is 1.17. The molecule has 0 saturated carbocycles. The van der Waals surface area contributed by atoms with Crippen LogP contribution >= 0.6 is 11.6 Å². The quantitative estimate of drug-likeness (QED) is 0.727.